The number of Topliss-reactive ketones (excluding diaryl/α,β-unsaturated/α-hetero) is 1. The second kappa shape index (κ2) is 6.16. The number of hydrogen-bond acceptors (Lipinski definition) is 4. The highest BCUT2D eigenvalue weighted by molar-refractivity contribution is 5.98. The van der Waals surface area contributed by atoms with Gasteiger partial charge in [-0.05, 0) is 38.3 Å². The molecule has 2 aromatic rings. The van der Waals surface area contributed by atoms with E-state index in [1.54, 1.807) is 6.20 Å². The number of ether oxygens (including phenoxy) is 1. The van der Waals surface area contributed by atoms with Crippen LogP contribution in [0.25, 0.3) is 5.69 Å². The second-order valence-corrected chi connectivity index (χ2v) is 6.27. The van der Waals surface area contributed by atoms with E-state index in [4.69, 9.17) is 4.74 Å². The smallest absolute Gasteiger partial charge is 0.164 e. The Kier molecular flexibility index (Phi) is 3.87. The molecule has 5 heteroatoms. The highest BCUT2D eigenvalue weighted by Gasteiger charge is 2.22. The van der Waals surface area contributed by atoms with Gasteiger partial charge in [0.15, 0.2) is 5.78 Å². The first-order chi connectivity index (χ1) is 11.3. The fourth-order valence-corrected chi connectivity index (χ4v) is 3.52. The summed E-state index contributed by atoms with van der Waals surface area (Å²) in [4.78, 5) is 16.3. The molecule has 1 aliphatic carbocycles. The van der Waals surface area contributed by atoms with Gasteiger partial charge in [0.25, 0.3) is 0 Å². The molecule has 0 bridgehead atoms. The predicted molar refractivity (Wildman–Crippen MR) is 87.4 cm³/mol. The first kappa shape index (κ1) is 14.5. The number of nitrogens with one attached hydrogen (secondary N) is 1. The number of carbonyl (C=O) groups is 1. The first-order valence-corrected chi connectivity index (χ1v) is 8.37. The summed E-state index contributed by atoms with van der Waals surface area (Å²) in [5, 5.41) is 3.44. The van der Waals surface area contributed by atoms with Crippen LogP contribution in [0.2, 0.25) is 0 Å². The van der Waals surface area contributed by atoms with Gasteiger partial charge in [0, 0.05) is 42.2 Å². The van der Waals surface area contributed by atoms with Gasteiger partial charge in [-0.25, -0.2) is 0 Å². The minimum Gasteiger partial charge on any atom is -0.490 e. The SMILES string of the molecule is O=C1CCCc2c1ccn2-c1cnccc1OC[C@H]1CCCN1. The monoisotopic (exact) mass is 311 g/mol. The maximum atomic E-state index is 12.0. The van der Waals surface area contributed by atoms with Crippen molar-refractivity contribution in [1.82, 2.24) is 14.9 Å². The fourth-order valence-electron chi connectivity index (χ4n) is 3.52. The van der Waals surface area contributed by atoms with Gasteiger partial charge in [-0.2, -0.15) is 0 Å². The van der Waals surface area contributed by atoms with Gasteiger partial charge in [-0.3, -0.25) is 9.78 Å². The lowest BCUT2D eigenvalue weighted by Crippen LogP contribution is -2.28. The van der Waals surface area contributed by atoms with Gasteiger partial charge in [0.2, 0.25) is 0 Å². The van der Waals surface area contributed by atoms with Crippen LogP contribution < -0.4 is 10.1 Å². The Morgan fingerprint density at radius 3 is 3.13 bits per heavy atom. The highest BCUT2D eigenvalue weighted by Crippen LogP contribution is 2.29. The van der Waals surface area contributed by atoms with Crippen molar-refractivity contribution < 1.29 is 9.53 Å². The Balaban J connectivity index is 1.63. The fraction of sp³-hybridized carbons (Fsp3) is 0.444. The Labute approximate surface area is 135 Å². The Morgan fingerprint density at radius 1 is 1.30 bits per heavy atom. The molecule has 1 N–H and O–H groups in total. The van der Waals surface area contributed by atoms with Crippen molar-refractivity contribution in [2.24, 2.45) is 0 Å². The van der Waals surface area contributed by atoms with E-state index in [-0.39, 0.29) is 5.78 Å². The third-order valence-electron chi connectivity index (χ3n) is 4.73. The van der Waals surface area contributed by atoms with Crippen LogP contribution in [-0.4, -0.2) is 34.5 Å². The van der Waals surface area contributed by atoms with Crippen LogP contribution in [0, 0.1) is 0 Å². The van der Waals surface area contributed by atoms with Gasteiger partial charge in [0.1, 0.15) is 18.0 Å². The van der Waals surface area contributed by atoms with E-state index in [0.717, 1.165) is 48.5 Å². The molecule has 23 heavy (non-hydrogen) atoms. The average molecular weight is 311 g/mol. The Bertz CT molecular complexity index is 717. The zero-order chi connectivity index (χ0) is 15.6. The van der Waals surface area contributed by atoms with E-state index in [9.17, 15) is 4.79 Å². The molecule has 0 radical (unpaired) electrons. The zero-order valence-corrected chi connectivity index (χ0v) is 13.1. The summed E-state index contributed by atoms with van der Waals surface area (Å²) in [5.74, 6) is 1.07. The summed E-state index contributed by atoms with van der Waals surface area (Å²) in [7, 11) is 0. The lowest BCUT2D eigenvalue weighted by atomic mass is 9.97. The maximum Gasteiger partial charge on any atom is 0.164 e. The van der Waals surface area contributed by atoms with Crippen LogP contribution in [-0.2, 0) is 6.42 Å². The number of fused-ring (bicyclic) bond motifs is 1. The summed E-state index contributed by atoms with van der Waals surface area (Å²) in [6, 6.07) is 4.25. The molecule has 5 nitrogen and oxygen atoms in total. The van der Waals surface area contributed by atoms with E-state index in [1.807, 2.05) is 24.5 Å². The van der Waals surface area contributed by atoms with E-state index in [0.29, 0.717) is 19.1 Å². The largest absolute Gasteiger partial charge is 0.490 e. The van der Waals surface area contributed by atoms with E-state index in [1.165, 1.54) is 6.42 Å². The molecule has 0 amide bonds. The highest BCUT2D eigenvalue weighted by atomic mass is 16.5. The van der Waals surface area contributed by atoms with Crippen molar-refractivity contribution in [3.8, 4) is 11.4 Å². The summed E-state index contributed by atoms with van der Waals surface area (Å²) < 4.78 is 8.12. The molecule has 3 heterocycles. The summed E-state index contributed by atoms with van der Waals surface area (Å²) in [5.41, 5.74) is 2.85. The minimum atomic E-state index is 0.242. The van der Waals surface area contributed by atoms with Gasteiger partial charge in [-0.15, -0.1) is 0 Å². The molecule has 2 aliphatic rings. The predicted octanol–water partition coefficient (Wildman–Crippen LogP) is 2.52. The van der Waals surface area contributed by atoms with Gasteiger partial charge >= 0.3 is 0 Å². The molecule has 0 spiro atoms. The number of rotatable bonds is 4. The van der Waals surface area contributed by atoms with Gasteiger partial charge in [0.05, 0.1) is 6.20 Å². The number of nitrogens with zero attached hydrogens (tertiary/aromatic N) is 2. The molecule has 1 aliphatic heterocycles. The van der Waals surface area contributed by atoms with Crippen molar-refractivity contribution in [3.05, 3.63) is 42.0 Å². The molecule has 4 rings (SSSR count). The minimum absolute atomic E-state index is 0.242. The molecule has 0 unspecified atom stereocenters. The van der Waals surface area contributed by atoms with E-state index < -0.39 is 0 Å². The van der Waals surface area contributed by atoms with Crippen molar-refractivity contribution in [1.29, 1.82) is 0 Å². The third kappa shape index (κ3) is 2.77. The second-order valence-electron chi connectivity index (χ2n) is 6.27. The summed E-state index contributed by atoms with van der Waals surface area (Å²) in [6.45, 7) is 1.74. The number of pyridine rings is 1. The first-order valence-electron chi connectivity index (χ1n) is 8.37. The molecule has 0 saturated carbocycles. The van der Waals surface area contributed by atoms with Crippen LogP contribution in [0.15, 0.2) is 30.7 Å². The van der Waals surface area contributed by atoms with Crippen LogP contribution in [0.5, 0.6) is 5.75 Å². The number of carbonyl (C=O) groups excluding carboxylic acids is 1. The normalized spacial score (nSPS) is 20.5. The maximum absolute atomic E-state index is 12.0. The molecular weight excluding hydrogens is 290 g/mol. The third-order valence-corrected chi connectivity index (χ3v) is 4.73. The van der Waals surface area contributed by atoms with Crippen LogP contribution in [0.4, 0.5) is 0 Å². The molecule has 0 aromatic carbocycles. The van der Waals surface area contributed by atoms with Crippen molar-refractivity contribution in [3.63, 3.8) is 0 Å². The number of hydrogen-bond donors (Lipinski definition) is 1. The van der Waals surface area contributed by atoms with Crippen LogP contribution >= 0.6 is 0 Å². The van der Waals surface area contributed by atoms with E-state index >= 15 is 0 Å². The van der Waals surface area contributed by atoms with Crippen molar-refractivity contribution in [2.75, 3.05) is 13.2 Å². The van der Waals surface area contributed by atoms with Crippen molar-refractivity contribution in [2.45, 2.75) is 38.1 Å². The standard InChI is InChI=1S/C18H21N3O2/c22-17-5-1-4-15-14(17)7-10-21(15)16-11-19-9-6-18(16)23-12-13-3-2-8-20-13/h6-7,9-11,13,20H,1-5,8,12H2/t13-/m1/s1. The summed E-state index contributed by atoms with van der Waals surface area (Å²) >= 11 is 0. The van der Waals surface area contributed by atoms with Gasteiger partial charge < -0.3 is 14.6 Å². The molecule has 1 fully saturated rings. The Morgan fingerprint density at radius 2 is 2.26 bits per heavy atom. The number of aromatic nitrogens is 2. The average Bonchev–Trinajstić information content (AvgIpc) is 3.23. The molecular formula is C18H21N3O2. The van der Waals surface area contributed by atoms with E-state index in [2.05, 4.69) is 14.9 Å². The van der Waals surface area contributed by atoms with Gasteiger partial charge in [-0.1, -0.05) is 0 Å². The lowest BCUT2D eigenvalue weighted by molar-refractivity contribution is 0.0972. The van der Waals surface area contributed by atoms with Crippen LogP contribution in [0.3, 0.4) is 0 Å². The molecule has 2 aromatic heterocycles. The molecule has 1 atom stereocenters. The van der Waals surface area contributed by atoms with Crippen molar-refractivity contribution >= 4 is 5.78 Å². The Hall–Kier alpha value is -2.14. The quantitative estimate of drug-likeness (QED) is 0.942. The summed E-state index contributed by atoms with van der Waals surface area (Å²) in [6.07, 6.45) is 10.4. The molecule has 1 saturated heterocycles. The molecule has 120 valence electrons. The van der Waals surface area contributed by atoms with Crippen LogP contribution in [0.1, 0.15) is 41.7 Å². The lowest BCUT2D eigenvalue weighted by Gasteiger charge is -2.18. The zero-order valence-electron chi connectivity index (χ0n) is 13.1. The topological polar surface area (TPSA) is 56.2 Å². The number of ketones is 1.